The third-order valence-electron chi connectivity index (χ3n) is 3.56. The van der Waals surface area contributed by atoms with Crippen molar-refractivity contribution in [3.8, 4) is 0 Å². The number of amides is 1. The number of hydrogen-bond donors (Lipinski definition) is 3. The number of carboxylic acids is 1. The first kappa shape index (κ1) is 12.7. The highest BCUT2D eigenvalue weighted by Gasteiger charge is 2.29. The van der Waals surface area contributed by atoms with Crippen molar-refractivity contribution in [1.82, 2.24) is 10.3 Å². The molecule has 0 spiro atoms. The summed E-state index contributed by atoms with van der Waals surface area (Å²) in [6.45, 7) is 0.505. The van der Waals surface area contributed by atoms with Crippen molar-refractivity contribution in [3.05, 3.63) is 24.0 Å². The molecule has 2 rings (SSSR count). The molecule has 1 amide bonds. The first-order chi connectivity index (χ1) is 8.66. The Kier molecular flexibility index (Phi) is 4.02. The third kappa shape index (κ3) is 3.12. The molecule has 0 radical (unpaired) electrons. The average molecular weight is 250 g/mol. The Morgan fingerprint density at radius 1 is 1.28 bits per heavy atom. The smallest absolute Gasteiger partial charge is 0.306 e. The number of aromatic nitrogens is 1. The monoisotopic (exact) mass is 250 g/mol. The number of rotatable bonds is 4. The van der Waals surface area contributed by atoms with Gasteiger partial charge < -0.3 is 15.4 Å². The predicted octanol–water partition coefficient (Wildman–Crippen LogP) is 1.52. The van der Waals surface area contributed by atoms with Gasteiger partial charge in [0.2, 0.25) is 5.91 Å². The van der Waals surface area contributed by atoms with Gasteiger partial charge in [-0.25, -0.2) is 0 Å². The number of aliphatic carboxylic acids is 1. The van der Waals surface area contributed by atoms with Crippen LogP contribution in [0.4, 0.5) is 0 Å². The highest BCUT2D eigenvalue weighted by Crippen LogP contribution is 2.28. The lowest BCUT2D eigenvalue weighted by Crippen LogP contribution is -2.34. The second kappa shape index (κ2) is 5.71. The average Bonchev–Trinajstić information content (AvgIpc) is 2.89. The van der Waals surface area contributed by atoms with Gasteiger partial charge in [0.05, 0.1) is 12.5 Å². The van der Waals surface area contributed by atoms with Crippen LogP contribution in [0.15, 0.2) is 18.3 Å². The van der Waals surface area contributed by atoms with Gasteiger partial charge >= 0.3 is 5.97 Å². The molecule has 1 aromatic heterocycles. The molecule has 1 heterocycles. The van der Waals surface area contributed by atoms with Crippen LogP contribution in [0.2, 0.25) is 0 Å². The molecule has 1 saturated carbocycles. The summed E-state index contributed by atoms with van der Waals surface area (Å²) in [5.41, 5.74) is 0.975. The fourth-order valence-electron chi connectivity index (χ4n) is 2.41. The van der Waals surface area contributed by atoms with Crippen molar-refractivity contribution in [3.63, 3.8) is 0 Å². The molecule has 1 fully saturated rings. The van der Waals surface area contributed by atoms with E-state index in [-0.39, 0.29) is 17.7 Å². The van der Waals surface area contributed by atoms with Crippen molar-refractivity contribution in [2.45, 2.75) is 32.2 Å². The maximum Gasteiger partial charge on any atom is 0.306 e. The maximum atomic E-state index is 11.9. The molecule has 98 valence electrons. The van der Waals surface area contributed by atoms with Gasteiger partial charge in [-0.1, -0.05) is 0 Å². The van der Waals surface area contributed by atoms with E-state index in [9.17, 15) is 9.59 Å². The van der Waals surface area contributed by atoms with Crippen LogP contribution in [0.1, 0.15) is 31.4 Å². The molecule has 0 saturated heterocycles. The normalized spacial score (nSPS) is 23.6. The number of nitrogens with one attached hydrogen (secondary N) is 2. The van der Waals surface area contributed by atoms with Crippen molar-refractivity contribution < 1.29 is 14.7 Å². The predicted molar refractivity (Wildman–Crippen MR) is 65.7 cm³/mol. The molecule has 0 bridgehead atoms. The molecule has 0 atom stereocenters. The molecule has 0 aliphatic heterocycles. The summed E-state index contributed by atoms with van der Waals surface area (Å²) in [5, 5.41) is 11.8. The van der Waals surface area contributed by atoms with E-state index in [1.165, 1.54) is 0 Å². The van der Waals surface area contributed by atoms with Gasteiger partial charge in [-0.3, -0.25) is 9.59 Å². The third-order valence-corrected chi connectivity index (χ3v) is 3.56. The quantitative estimate of drug-likeness (QED) is 0.757. The molecular weight excluding hydrogens is 232 g/mol. The van der Waals surface area contributed by atoms with E-state index in [2.05, 4.69) is 10.3 Å². The molecular formula is C13H18N2O3. The van der Waals surface area contributed by atoms with Crippen LogP contribution in [-0.4, -0.2) is 22.0 Å². The van der Waals surface area contributed by atoms with E-state index >= 15 is 0 Å². The molecule has 1 aromatic rings. The van der Waals surface area contributed by atoms with Crippen LogP contribution in [0.3, 0.4) is 0 Å². The van der Waals surface area contributed by atoms with E-state index < -0.39 is 5.97 Å². The highest BCUT2D eigenvalue weighted by atomic mass is 16.4. The van der Waals surface area contributed by atoms with Crippen molar-refractivity contribution >= 4 is 11.9 Å². The number of aromatic amines is 1. The molecule has 5 nitrogen and oxygen atoms in total. The minimum atomic E-state index is -0.736. The lowest BCUT2D eigenvalue weighted by atomic mass is 9.81. The zero-order valence-electron chi connectivity index (χ0n) is 10.2. The summed E-state index contributed by atoms with van der Waals surface area (Å²) in [5.74, 6) is -0.998. The van der Waals surface area contributed by atoms with Crippen LogP contribution < -0.4 is 5.32 Å². The summed E-state index contributed by atoms with van der Waals surface area (Å²) < 4.78 is 0. The summed E-state index contributed by atoms with van der Waals surface area (Å²) in [6, 6.07) is 3.81. The zero-order valence-corrected chi connectivity index (χ0v) is 10.2. The van der Waals surface area contributed by atoms with Crippen LogP contribution >= 0.6 is 0 Å². The van der Waals surface area contributed by atoms with E-state index in [0.29, 0.717) is 32.2 Å². The Balaban J connectivity index is 1.75. The van der Waals surface area contributed by atoms with Gasteiger partial charge in [0.15, 0.2) is 0 Å². The summed E-state index contributed by atoms with van der Waals surface area (Å²) in [6.07, 6.45) is 4.38. The summed E-state index contributed by atoms with van der Waals surface area (Å²) in [4.78, 5) is 25.7. The zero-order chi connectivity index (χ0) is 13.0. The Morgan fingerprint density at radius 3 is 2.50 bits per heavy atom. The summed E-state index contributed by atoms with van der Waals surface area (Å²) >= 11 is 0. The largest absolute Gasteiger partial charge is 0.481 e. The SMILES string of the molecule is O=C(O)C1CCC(C(=O)NCc2ccc[nH]2)CC1. The first-order valence-electron chi connectivity index (χ1n) is 6.29. The van der Waals surface area contributed by atoms with Crippen LogP contribution in [0, 0.1) is 11.8 Å². The van der Waals surface area contributed by atoms with Gasteiger partial charge in [-0.2, -0.15) is 0 Å². The number of carbonyl (C=O) groups excluding carboxylic acids is 1. The van der Waals surface area contributed by atoms with E-state index in [1.807, 2.05) is 18.3 Å². The van der Waals surface area contributed by atoms with E-state index in [1.54, 1.807) is 0 Å². The number of carboxylic acid groups (broad SMARTS) is 1. The Hall–Kier alpha value is -1.78. The molecule has 0 aromatic carbocycles. The number of carbonyl (C=O) groups is 2. The van der Waals surface area contributed by atoms with Crippen molar-refractivity contribution in [2.75, 3.05) is 0 Å². The van der Waals surface area contributed by atoms with Crippen LogP contribution in [-0.2, 0) is 16.1 Å². The second-order valence-electron chi connectivity index (χ2n) is 4.80. The maximum absolute atomic E-state index is 11.9. The molecule has 1 aliphatic rings. The van der Waals surface area contributed by atoms with Crippen LogP contribution in [0.5, 0.6) is 0 Å². The Labute approximate surface area is 106 Å². The van der Waals surface area contributed by atoms with Crippen molar-refractivity contribution in [2.24, 2.45) is 11.8 Å². The standard InChI is InChI=1S/C13H18N2O3/c16-12(15-8-11-2-1-7-14-11)9-3-5-10(6-4-9)13(17)18/h1-2,7,9-10,14H,3-6,8H2,(H,15,16)(H,17,18). The van der Waals surface area contributed by atoms with Gasteiger partial charge in [-0.05, 0) is 37.8 Å². The van der Waals surface area contributed by atoms with Gasteiger partial charge in [0.25, 0.3) is 0 Å². The Morgan fingerprint density at radius 2 is 1.94 bits per heavy atom. The molecule has 1 aliphatic carbocycles. The summed E-state index contributed by atoms with van der Waals surface area (Å²) in [7, 11) is 0. The lowest BCUT2D eigenvalue weighted by molar-refractivity contribution is -0.144. The molecule has 0 unspecified atom stereocenters. The highest BCUT2D eigenvalue weighted by molar-refractivity contribution is 5.79. The topological polar surface area (TPSA) is 82.2 Å². The fraction of sp³-hybridized carbons (Fsp3) is 0.538. The Bertz CT molecular complexity index is 406. The minimum absolute atomic E-state index is 0.0319. The fourth-order valence-corrected chi connectivity index (χ4v) is 2.41. The van der Waals surface area contributed by atoms with Crippen LogP contribution in [0.25, 0.3) is 0 Å². The first-order valence-corrected chi connectivity index (χ1v) is 6.29. The van der Waals surface area contributed by atoms with Gasteiger partial charge in [0, 0.05) is 17.8 Å². The molecule has 3 N–H and O–H groups in total. The lowest BCUT2D eigenvalue weighted by Gasteiger charge is -2.25. The molecule has 18 heavy (non-hydrogen) atoms. The van der Waals surface area contributed by atoms with Crippen molar-refractivity contribution in [1.29, 1.82) is 0 Å². The van der Waals surface area contributed by atoms with Gasteiger partial charge in [-0.15, -0.1) is 0 Å². The number of H-pyrrole nitrogens is 1. The van der Waals surface area contributed by atoms with E-state index in [4.69, 9.17) is 5.11 Å². The second-order valence-corrected chi connectivity index (χ2v) is 4.80. The molecule has 5 heteroatoms. The number of hydrogen-bond acceptors (Lipinski definition) is 2. The van der Waals surface area contributed by atoms with E-state index in [0.717, 1.165) is 5.69 Å². The van der Waals surface area contributed by atoms with Gasteiger partial charge in [0.1, 0.15) is 0 Å². The minimum Gasteiger partial charge on any atom is -0.481 e.